The van der Waals surface area contributed by atoms with Crippen LogP contribution in [0.4, 0.5) is 0 Å². The number of aromatic amines is 1. The number of allylic oxidation sites excluding steroid dienone is 1. The van der Waals surface area contributed by atoms with E-state index in [1.807, 2.05) is 0 Å². The first-order chi connectivity index (χ1) is 5.27. The lowest BCUT2D eigenvalue weighted by molar-refractivity contribution is 0.965. The van der Waals surface area contributed by atoms with Gasteiger partial charge in [-0.1, -0.05) is 15.9 Å². The van der Waals surface area contributed by atoms with Gasteiger partial charge in [-0.3, -0.25) is 5.10 Å². The van der Waals surface area contributed by atoms with Crippen molar-refractivity contribution in [3.63, 3.8) is 0 Å². The SMILES string of the molecule is Cc1[nH]nc2c1CCC(Br)=C2. The van der Waals surface area contributed by atoms with Gasteiger partial charge in [0.2, 0.25) is 0 Å². The third-order valence-electron chi connectivity index (χ3n) is 2.01. The average molecular weight is 213 g/mol. The van der Waals surface area contributed by atoms with Crippen LogP contribution in [0.2, 0.25) is 0 Å². The molecule has 1 heterocycles. The molecule has 1 N–H and O–H groups in total. The van der Waals surface area contributed by atoms with Crippen LogP contribution in [0.3, 0.4) is 0 Å². The molecule has 0 saturated carbocycles. The number of nitrogens with zero attached hydrogens (tertiary/aromatic N) is 1. The third-order valence-corrected chi connectivity index (χ3v) is 2.64. The minimum absolute atomic E-state index is 1.10. The highest BCUT2D eigenvalue weighted by Gasteiger charge is 2.13. The lowest BCUT2D eigenvalue weighted by Gasteiger charge is -2.06. The molecule has 0 radical (unpaired) electrons. The van der Waals surface area contributed by atoms with E-state index in [0.29, 0.717) is 0 Å². The second-order valence-electron chi connectivity index (χ2n) is 2.80. The fraction of sp³-hybridized carbons (Fsp3) is 0.375. The second kappa shape index (κ2) is 2.48. The Morgan fingerprint density at radius 2 is 2.36 bits per heavy atom. The number of halogens is 1. The number of hydrogen-bond donors (Lipinski definition) is 1. The quantitative estimate of drug-likeness (QED) is 0.704. The molecule has 2 rings (SSSR count). The Labute approximate surface area is 73.8 Å². The van der Waals surface area contributed by atoms with E-state index in [-0.39, 0.29) is 0 Å². The second-order valence-corrected chi connectivity index (χ2v) is 3.82. The van der Waals surface area contributed by atoms with Crippen LogP contribution >= 0.6 is 15.9 Å². The van der Waals surface area contributed by atoms with Gasteiger partial charge >= 0.3 is 0 Å². The minimum Gasteiger partial charge on any atom is -0.282 e. The van der Waals surface area contributed by atoms with Gasteiger partial charge in [0.1, 0.15) is 0 Å². The molecule has 1 aromatic rings. The van der Waals surface area contributed by atoms with Gasteiger partial charge in [-0.2, -0.15) is 5.10 Å². The number of nitrogens with one attached hydrogen (secondary N) is 1. The Bertz CT molecular complexity index is 312. The maximum Gasteiger partial charge on any atom is 0.0891 e. The number of aryl methyl sites for hydroxylation is 1. The van der Waals surface area contributed by atoms with Crippen molar-refractivity contribution < 1.29 is 0 Å². The van der Waals surface area contributed by atoms with Crippen LogP contribution in [0.5, 0.6) is 0 Å². The molecular weight excluding hydrogens is 204 g/mol. The molecule has 0 atom stereocenters. The normalized spacial score (nSPS) is 16.0. The standard InChI is InChI=1S/C8H9BrN2/c1-5-7-3-2-6(9)4-8(7)11-10-5/h4H,2-3H2,1H3,(H,10,11). The highest BCUT2D eigenvalue weighted by atomic mass is 79.9. The van der Waals surface area contributed by atoms with E-state index in [2.05, 4.69) is 39.1 Å². The summed E-state index contributed by atoms with van der Waals surface area (Å²) < 4.78 is 1.25. The van der Waals surface area contributed by atoms with Gasteiger partial charge < -0.3 is 0 Å². The van der Waals surface area contributed by atoms with Gasteiger partial charge in [0.05, 0.1) is 5.69 Å². The molecule has 3 heteroatoms. The summed E-state index contributed by atoms with van der Waals surface area (Å²) in [6, 6.07) is 0. The number of hydrogen-bond acceptors (Lipinski definition) is 1. The van der Waals surface area contributed by atoms with Gasteiger partial charge in [-0.25, -0.2) is 0 Å². The van der Waals surface area contributed by atoms with Crippen molar-refractivity contribution in [2.24, 2.45) is 0 Å². The Hall–Kier alpha value is -0.570. The molecule has 1 aliphatic rings. The van der Waals surface area contributed by atoms with Crippen molar-refractivity contribution >= 4 is 22.0 Å². The summed E-state index contributed by atoms with van der Waals surface area (Å²) in [5.74, 6) is 0. The van der Waals surface area contributed by atoms with Crippen LogP contribution in [0.25, 0.3) is 6.08 Å². The van der Waals surface area contributed by atoms with E-state index < -0.39 is 0 Å². The van der Waals surface area contributed by atoms with E-state index in [0.717, 1.165) is 18.5 Å². The molecule has 2 nitrogen and oxygen atoms in total. The molecule has 0 unspecified atom stereocenters. The highest BCUT2D eigenvalue weighted by molar-refractivity contribution is 9.11. The van der Waals surface area contributed by atoms with E-state index in [1.54, 1.807) is 0 Å². The Kier molecular flexibility index (Phi) is 1.60. The summed E-state index contributed by atoms with van der Waals surface area (Å²) in [6.45, 7) is 2.07. The number of rotatable bonds is 0. The molecule has 0 aliphatic heterocycles. The maximum atomic E-state index is 4.18. The number of fused-ring (bicyclic) bond motifs is 1. The van der Waals surface area contributed by atoms with Gasteiger partial charge in [-0.15, -0.1) is 0 Å². The van der Waals surface area contributed by atoms with Crippen LogP contribution in [0, 0.1) is 6.92 Å². The monoisotopic (exact) mass is 212 g/mol. The zero-order valence-electron chi connectivity index (χ0n) is 6.32. The molecule has 1 aromatic heterocycles. The Morgan fingerprint density at radius 3 is 3.18 bits per heavy atom. The van der Waals surface area contributed by atoms with Gasteiger partial charge in [0.15, 0.2) is 0 Å². The summed E-state index contributed by atoms with van der Waals surface area (Å²) in [7, 11) is 0. The van der Waals surface area contributed by atoms with Crippen molar-refractivity contribution in [2.75, 3.05) is 0 Å². The van der Waals surface area contributed by atoms with Crippen LogP contribution in [0.15, 0.2) is 4.48 Å². The van der Waals surface area contributed by atoms with E-state index >= 15 is 0 Å². The molecule has 0 bridgehead atoms. The minimum atomic E-state index is 1.10. The summed E-state index contributed by atoms with van der Waals surface area (Å²) in [6.07, 6.45) is 4.30. The largest absolute Gasteiger partial charge is 0.282 e. The van der Waals surface area contributed by atoms with Crippen molar-refractivity contribution in [1.82, 2.24) is 10.2 Å². The van der Waals surface area contributed by atoms with Crippen LogP contribution in [-0.2, 0) is 6.42 Å². The molecule has 0 saturated heterocycles. The fourth-order valence-corrected chi connectivity index (χ4v) is 1.79. The molecule has 0 fully saturated rings. The lowest BCUT2D eigenvalue weighted by atomic mass is 10.0. The first-order valence-corrected chi connectivity index (χ1v) is 4.46. The third kappa shape index (κ3) is 1.13. The van der Waals surface area contributed by atoms with Crippen molar-refractivity contribution in [2.45, 2.75) is 19.8 Å². The fourth-order valence-electron chi connectivity index (χ4n) is 1.37. The predicted octanol–water partition coefficient (Wildman–Crippen LogP) is 2.40. The first kappa shape index (κ1) is 7.10. The molecule has 0 spiro atoms. The smallest absolute Gasteiger partial charge is 0.0891 e. The van der Waals surface area contributed by atoms with Crippen LogP contribution in [-0.4, -0.2) is 10.2 Å². The number of aromatic nitrogens is 2. The highest BCUT2D eigenvalue weighted by Crippen LogP contribution is 2.27. The summed E-state index contributed by atoms with van der Waals surface area (Å²) >= 11 is 3.47. The molecule has 1 aliphatic carbocycles. The molecule has 58 valence electrons. The summed E-state index contributed by atoms with van der Waals surface area (Å²) in [4.78, 5) is 0. The maximum absolute atomic E-state index is 4.18. The van der Waals surface area contributed by atoms with Crippen LogP contribution in [0.1, 0.15) is 23.4 Å². The van der Waals surface area contributed by atoms with Crippen molar-refractivity contribution in [3.05, 3.63) is 21.4 Å². The van der Waals surface area contributed by atoms with E-state index in [9.17, 15) is 0 Å². The summed E-state index contributed by atoms with van der Waals surface area (Å²) in [5.41, 5.74) is 3.67. The average Bonchev–Trinajstić information content (AvgIpc) is 2.32. The molecule has 0 amide bonds. The van der Waals surface area contributed by atoms with Crippen molar-refractivity contribution in [1.29, 1.82) is 0 Å². The van der Waals surface area contributed by atoms with E-state index in [4.69, 9.17) is 0 Å². The molecular formula is C8H9BrN2. The zero-order chi connectivity index (χ0) is 7.84. The Balaban J connectivity index is 2.53. The zero-order valence-corrected chi connectivity index (χ0v) is 7.90. The van der Waals surface area contributed by atoms with Gasteiger partial charge in [0.25, 0.3) is 0 Å². The Morgan fingerprint density at radius 1 is 1.55 bits per heavy atom. The molecule has 0 aromatic carbocycles. The van der Waals surface area contributed by atoms with E-state index in [1.165, 1.54) is 15.7 Å². The van der Waals surface area contributed by atoms with Crippen LogP contribution < -0.4 is 0 Å². The topological polar surface area (TPSA) is 28.7 Å². The first-order valence-electron chi connectivity index (χ1n) is 3.67. The van der Waals surface area contributed by atoms with Gasteiger partial charge in [0, 0.05) is 11.3 Å². The lowest BCUT2D eigenvalue weighted by Crippen LogP contribution is -1.94. The predicted molar refractivity (Wildman–Crippen MR) is 48.5 cm³/mol. The summed E-state index contributed by atoms with van der Waals surface area (Å²) in [5, 5.41) is 7.16. The van der Waals surface area contributed by atoms with Gasteiger partial charge in [-0.05, 0) is 30.3 Å². The number of H-pyrrole nitrogens is 1. The van der Waals surface area contributed by atoms with Crippen molar-refractivity contribution in [3.8, 4) is 0 Å². The molecule has 11 heavy (non-hydrogen) atoms.